The first kappa shape index (κ1) is 22.6. The number of carbonyl (C=O) groups is 2. The van der Waals surface area contributed by atoms with Gasteiger partial charge in [0.1, 0.15) is 10.8 Å². The Hall–Kier alpha value is -3.07. The van der Waals surface area contributed by atoms with Crippen molar-refractivity contribution in [1.29, 1.82) is 0 Å². The van der Waals surface area contributed by atoms with Crippen molar-refractivity contribution in [1.82, 2.24) is 0 Å². The number of nitrogens with one attached hydrogen (secondary N) is 1. The van der Waals surface area contributed by atoms with Crippen molar-refractivity contribution >= 4 is 28.2 Å². The Morgan fingerprint density at radius 2 is 1.84 bits per heavy atom. The van der Waals surface area contributed by atoms with Gasteiger partial charge in [0.25, 0.3) is 5.91 Å². The SMILES string of the molecule is Cc1sc(NC(=O)c2ccc(-c3cccc(C(F)(F)F)c3)o2)c(C(=O)OC(C)C)c1C. The third kappa shape index (κ3) is 4.99. The highest BCUT2D eigenvalue weighted by Gasteiger charge is 2.31. The summed E-state index contributed by atoms with van der Waals surface area (Å²) >= 11 is 1.23. The molecule has 0 spiro atoms. The molecule has 0 aliphatic heterocycles. The van der Waals surface area contributed by atoms with Gasteiger partial charge in [-0.1, -0.05) is 12.1 Å². The molecule has 2 heterocycles. The number of anilines is 1. The van der Waals surface area contributed by atoms with Gasteiger partial charge in [0, 0.05) is 10.4 Å². The summed E-state index contributed by atoms with van der Waals surface area (Å²) in [5, 5.41) is 2.97. The van der Waals surface area contributed by atoms with Crippen molar-refractivity contribution in [3.8, 4) is 11.3 Å². The van der Waals surface area contributed by atoms with Gasteiger partial charge < -0.3 is 14.5 Å². The number of aryl methyl sites for hydroxylation is 1. The van der Waals surface area contributed by atoms with E-state index in [-0.39, 0.29) is 28.8 Å². The summed E-state index contributed by atoms with van der Waals surface area (Å²) in [7, 11) is 0. The maximum Gasteiger partial charge on any atom is 0.416 e. The molecule has 0 aliphatic rings. The van der Waals surface area contributed by atoms with Crippen LogP contribution in [0, 0.1) is 13.8 Å². The Morgan fingerprint density at radius 1 is 1.13 bits per heavy atom. The van der Waals surface area contributed by atoms with Crippen molar-refractivity contribution in [3.63, 3.8) is 0 Å². The highest BCUT2D eigenvalue weighted by atomic mass is 32.1. The van der Waals surface area contributed by atoms with E-state index < -0.39 is 23.6 Å². The van der Waals surface area contributed by atoms with Crippen LogP contribution in [-0.2, 0) is 10.9 Å². The van der Waals surface area contributed by atoms with E-state index in [0.29, 0.717) is 10.6 Å². The molecule has 1 aromatic carbocycles. The van der Waals surface area contributed by atoms with Crippen molar-refractivity contribution in [3.05, 3.63) is 63.7 Å². The molecule has 31 heavy (non-hydrogen) atoms. The molecule has 1 amide bonds. The molecule has 0 fully saturated rings. The molecule has 3 rings (SSSR count). The quantitative estimate of drug-likeness (QED) is 0.452. The minimum atomic E-state index is -4.49. The number of esters is 1. The van der Waals surface area contributed by atoms with Crippen LogP contribution in [0.15, 0.2) is 40.8 Å². The van der Waals surface area contributed by atoms with Crippen molar-refractivity contribution in [2.75, 3.05) is 5.32 Å². The molecule has 0 aliphatic carbocycles. The largest absolute Gasteiger partial charge is 0.459 e. The zero-order valence-corrected chi connectivity index (χ0v) is 18.0. The summed E-state index contributed by atoms with van der Waals surface area (Å²) < 4.78 is 49.6. The van der Waals surface area contributed by atoms with Crippen LogP contribution in [0.5, 0.6) is 0 Å². The summed E-state index contributed by atoms with van der Waals surface area (Å²) in [6.07, 6.45) is -4.81. The number of furan rings is 1. The van der Waals surface area contributed by atoms with Gasteiger partial charge in [-0.05, 0) is 57.5 Å². The average Bonchev–Trinajstić information content (AvgIpc) is 3.26. The highest BCUT2D eigenvalue weighted by molar-refractivity contribution is 7.16. The molecule has 0 saturated carbocycles. The van der Waals surface area contributed by atoms with E-state index >= 15 is 0 Å². The maximum absolute atomic E-state index is 12.9. The monoisotopic (exact) mass is 451 g/mol. The normalized spacial score (nSPS) is 11.6. The Morgan fingerprint density at radius 3 is 2.48 bits per heavy atom. The molecule has 2 aromatic heterocycles. The molecular weight excluding hydrogens is 431 g/mol. The molecule has 0 radical (unpaired) electrons. The first-order chi connectivity index (χ1) is 14.5. The van der Waals surface area contributed by atoms with Gasteiger partial charge in [-0.3, -0.25) is 4.79 Å². The molecule has 0 atom stereocenters. The fraction of sp³-hybridized carbons (Fsp3) is 0.273. The van der Waals surface area contributed by atoms with Crippen LogP contribution in [0.2, 0.25) is 0 Å². The predicted molar refractivity (Wildman–Crippen MR) is 111 cm³/mol. The van der Waals surface area contributed by atoms with Crippen LogP contribution in [0.1, 0.15) is 50.8 Å². The van der Waals surface area contributed by atoms with Crippen LogP contribution in [0.25, 0.3) is 11.3 Å². The molecule has 164 valence electrons. The Kier molecular flexibility index (Phi) is 6.26. The van der Waals surface area contributed by atoms with Gasteiger partial charge in [-0.2, -0.15) is 13.2 Å². The number of ether oxygens (including phenoxy) is 1. The number of halogens is 3. The lowest BCUT2D eigenvalue weighted by Crippen LogP contribution is -2.16. The van der Waals surface area contributed by atoms with Crippen molar-refractivity contribution < 1.29 is 31.9 Å². The summed E-state index contributed by atoms with van der Waals surface area (Å²) in [5.41, 5.74) is 0.354. The standard InChI is InChI=1S/C22H20F3NO4S/c1-11(2)29-21(28)18-12(3)13(4)31-20(18)26-19(27)17-9-8-16(30-17)14-6-5-7-15(10-14)22(23,24)25/h5-11H,1-4H3,(H,26,27). The highest BCUT2D eigenvalue weighted by Crippen LogP contribution is 2.35. The second kappa shape index (κ2) is 8.58. The van der Waals surface area contributed by atoms with Crippen molar-refractivity contribution in [2.45, 2.75) is 40.0 Å². The Balaban J connectivity index is 1.85. The van der Waals surface area contributed by atoms with Gasteiger partial charge in [-0.25, -0.2) is 4.79 Å². The van der Waals surface area contributed by atoms with E-state index in [2.05, 4.69) is 5.32 Å². The number of thiophene rings is 1. The third-order valence-corrected chi connectivity index (χ3v) is 5.59. The van der Waals surface area contributed by atoms with E-state index in [0.717, 1.165) is 17.0 Å². The van der Waals surface area contributed by atoms with Crippen LogP contribution in [0.4, 0.5) is 18.2 Å². The summed E-state index contributed by atoms with van der Waals surface area (Å²) in [5.74, 6) is -1.15. The fourth-order valence-electron chi connectivity index (χ4n) is 2.86. The van der Waals surface area contributed by atoms with Crippen LogP contribution in [0.3, 0.4) is 0 Å². The van der Waals surface area contributed by atoms with E-state index in [1.54, 1.807) is 20.8 Å². The van der Waals surface area contributed by atoms with Crippen molar-refractivity contribution in [2.24, 2.45) is 0 Å². The second-order valence-corrected chi connectivity index (χ2v) is 8.36. The third-order valence-electron chi connectivity index (χ3n) is 4.46. The average molecular weight is 451 g/mol. The van der Waals surface area contributed by atoms with E-state index in [4.69, 9.17) is 9.15 Å². The first-order valence-corrected chi connectivity index (χ1v) is 10.2. The summed E-state index contributed by atoms with van der Waals surface area (Å²) in [6.45, 7) is 7.03. The Bertz CT molecular complexity index is 1130. The fourth-order valence-corrected chi connectivity index (χ4v) is 3.91. The summed E-state index contributed by atoms with van der Waals surface area (Å²) in [4.78, 5) is 26.0. The van der Waals surface area contributed by atoms with Gasteiger partial charge in [0.05, 0.1) is 17.2 Å². The molecule has 3 aromatic rings. The van der Waals surface area contributed by atoms with Gasteiger partial charge in [0.15, 0.2) is 5.76 Å². The number of hydrogen-bond donors (Lipinski definition) is 1. The molecule has 0 saturated heterocycles. The minimum Gasteiger partial charge on any atom is -0.459 e. The Labute approximate surface area is 180 Å². The smallest absolute Gasteiger partial charge is 0.416 e. The molecule has 0 unspecified atom stereocenters. The lowest BCUT2D eigenvalue weighted by molar-refractivity contribution is -0.137. The van der Waals surface area contributed by atoms with Gasteiger partial charge in [0.2, 0.25) is 0 Å². The zero-order chi connectivity index (χ0) is 22.9. The zero-order valence-electron chi connectivity index (χ0n) is 17.2. The molecule has 9 heteroatoms. The topological polar surface area (TPSA) is 68.5 Å². The van der Waals surface area contributed by atoms with E-state index in [1.165, 1.54) is 35.6 Å². The molecule has 0 bridgehead atoms. The van der Waals surface area contributed by atoms with Crippen LogP contribution in [-0.4, -0.2) is 18.0 Å². The van der Waals surface area contributed by atoms with Gasteiger partial charge in [-0.15, -0.1) is 11.3 Å². The van der Waals surface area contributed by atoms with Crippen LogP contribution >= 0.6 is 11.3 Å². The molecule has 1 N–H and O–H groups in total. The number of rotatable bonds is 5. The number of benzene rings is 1. The number of amides is 1. The van der Waals surface area contributed by atoms with Crippen LogP contribution < -0.4 is 5.32 Å². The number of hydrogen-bond acceptors (Lipinski definition) is 5. The first-order valence-electron chi connectivity index (χ1n) is 9.37. The molecule has 5 nitrogen and oxygen atoms in total. The second-order valence-electron chi connectivity index (χ2n) is 7.14. The van der Waals surface area contributed by atoms with E-state index in [1.807, 2.05) is 6.92 Å². The number of carbonyl (C=O) groups excluding carboxylic acids is 2. The predicted octanol–water partition coefficient (Wildman–Crippen LogP) is 6.46. The van der Waals surface area contributed by atoms with Gasteiger partial charge >= 0.3 is 12.1 Å². The molecular formula is C22H20F3NO4S. The maximum atomic E-state index is 12.9. The lowest BCUT2D eigenvalue weighted by Gasteiger charge is -2.10. The summed E-state index contributed by atoms with van der Waals surface area (Å²) in [6, 6.07) is 7.42. The minimum absolute atomic E-state index is 0.0979. The number of alkyl halides is 3. The van der Waals surface area contributed by atoms with E-state index in [9.17, 15) is 22.8 Å². The lowest BCUT2D eigenvalue weighted by atomic mass is 10.1.